The third-order valence-electron chi connectivity index (χ3n) is 4.19. The molecule has 3 heterocycles. The van der Waals surface area contributed by atoms with E-state index in [0.717, 1.165) is 5.56 Å². The van der Waals surface area contributed by atoms with Gasteiger partial charge in [0, 0.05) is 48.2 Å². The minimum atomic E-state index is -0.501. The Balaban J connectivity index is 1.74. The maximum Gasteiger partial charge on any atom is 0.152 e. The van der Waals surface area contributed by atoms with Crippen LogP contribution < -0.4 is 4.74 Å². The zero-order chi connectivity index (χ0) is 19.1. The minimum absolute atomic E-state index is 0.300. The molecule has 0 aliphatic rings. The van der Waals surface area contributed by atoms with Gasteiger partial charge in [0.25, 0.3) is 0 Å². The van der Waals surface area contributed by atoms with Crippen LogP contribution in [0.25, 0.3) is 22.2 Å². The number of benzene rings is 1. The van der Waals surface area contributed by atoms with E-state index >= 15 is 0 Å². The lowest BCUT2D eigenvalue weighted by atomic mass is 10.1. The number of ether oxygens (including phenoxy) is 1. The molecule has 0 saturated heterocycles. The smallest absolute Gasteiger partial charge is 0.152 e. The third kappa shape index (κ3) is 3.24. The highest BCUT2D eigenvalue weighted by Gasteiger charge is 2.19. The average Bonchev–Trinajstić information content (AvgIpc) is 3.21. The van der Waals surface area contributed by atoms with Crippen LogP contribution >= 0.6 is 23.2 Å². The van der Waals surface area contributed by atoms with Crippen LogP contribution in [0.3, 0.4) is 0 Å². The predicted octanol–water partition coefficient (Wildman–Crippen LogP) is 4.94. The summed E-state index contributed by atoms with van der Waals surface area (Å²) >= 11 is 12.4. The first-order chi connectivity index (χ1) is 12.9. The van der Waals surface area contributed by atoms with Gasteiger partial charge in [-0.2, -0.15) is 10.2 Å². The molecule has 0 aliphatic carbocycles. The van der Waals surface area contributed by atoms with Crippen molar-refractivity contribution in [1.29, 1.82) is 0 Å². The van der Waals surface area contributed by atoms with E-state index in [1.807, 2.05) is 0 Å². The summed E-state index contributed by atoms with van der Waals surface area (Å²) in [5, 5.41) is 12.4. The molecule has 4 aromatic rings. The van der Waals surface area contributed by atoms with Crippen molar-refractivity contribution in [3.05, 3.63) is 58.3 Å². The van der Waals surface area contributed by atoms with Crippen LogP contribution in [0.15, 0.2) is 36.9 Å². The largest absolute Gasteiger partial charge is 0.486 e. The number of rotatable bonds is 4. The fourth-order valence-corrected chi connectivity index (χ4v) is 3.63. The first-order valence-electron chi connectivity index (χ1n) is 8.06. The Bertz CT molecular complexity index is 1120. The SMILES string of the molecule is C[C@@H](Oc1cc(F)c2[nH]nc(-c3cnn(C)c3)c2c1)c1c(Cl)cncc1Cl. The molecule has 138 valence electrons. The van der Waals surface area contributed by atoms with Gasteiger partial charge in [-0.05, 0) is 13.0 Å². The molecule has 0 bridgehead atoms. The van der Waals surface area contributed by atoms with E-state index in [9.17, 15) is 4.39 Å². The van der Waals surface area contributed by atoms with E-state index in [1.165, 1.54) is 18.5 Å². The maximum absolute atomic E-state index is 14.6. The standard InChI is InChI=1S/C18H14Cl2FN5O/c1-9(16-13(19)6-22-7-14(16)20)27-11-3-12-17(10-5-23-26(2)8-10)24-25-18(12)15(21)4-11/h3-9H,1-2H3,(H,24,25)/t9-/m1/s1. The molecule has 0 unspecified atom stereocenters. The lowest BCUT2D eigenvalue weighted by molar-refractivity contribution is 0.226. The number of fused-ring (bicyclic) bond motifs is 1. The Hall–Kier alpha value is -2.64. The highest BCUT2D eigenvalue weighted by molar-refractivity contribution is 6.35. The summed E-state index contributed by atoms with van der Waals surface area (Å²) in [6.07, 6.45) is 5.95. The van der Waals surface area contributed by atoms with Crippen molar-refractivity contribution in [1.82, 2.24) is 25.0 Å². The van der Waals surface area contributed by atoms with Crippen molar-refractivity contribution in [2.75, 3.05) is 0 Å². The fraction of sp³-hybridized carbons (Fsp3) is 0.167. The number of pyridine rings is 1. The normalized spacial score (nSPS) is 12.5. The minimum Gasteiger partial charge on any atom is -0.486 e. The molecule has 0 spiro atoms. The van der Waals surface area contributed by atoms with Crippen LogP contribution in [0.2, 0.25) is 10.0 Å². The summed E-state index contributed by atoms with van der Waals surface area (Å²) in [5.41, 5.74) is 2.26. The lowest BCUT2D eigenvalue weighted by Gasteiger charge is -2.17. The molecule has 9 heteroatoms. The number of hydrogen-bond donors (Lipinski definition) is 1. The molecule has 4 rings (SSSR count). The molecular weight excluding hydrogens is 392 g/mol. The molecule has 27 heavy (non-hydrogen) atoms. The van der Waals surface area contributed by atoms with E-state index in [1.54, 1.807) is 37.1 Å². The molecule has 1 atom stereocenters. The number of hydrogen-bond acceptors (Lipinski definition) is 4. The quantitative estimate of drug-likeness (QED) is 0.521. The summed E-state index contributed by atoms with van der Waals surface area (Å²) in [6.45, 7) is 1.78. The summed E-state index contributed by atoms with van der Waals surface area (Å²) in [4.78, 5) is 3.93. The summed E-state index contributed by atoms with van der Waals surface area (Å²) < 4.78 is 22.1. The van der Waals surface area contributed by atoms with Crippen molar-refractivity contribution in [3.8, 4) is 17.0 Å². The molecule has 0 saturated carbocycles. The number of aryl methyl sites for hydroxylation is 1. The molecular formula is C18H14Cl2FN5O. The second-order valence-corrected chi connectivity index (χ2v) is 6.89. The Kier molecular flexibility index (Phi) is 4.49. The van der Waals surface area contributed by atoms with Gasteiger partial charge >= 0.3 is 0 Å². The Morgan fingerprint density at radius 2 is 1.93 bits per heavy atom. The highest BCUT2D eigenvalue weighted by Crippen LogP contribution is 2.35. The second-order valence-electron chi connectivity index (χ2n) is 6.08. The molecule has 0 fully saturated rings. The average molecular weight is 406 g/mol. The number of H-pyrrole nitrogens is 1. The topological polar surface area (TPSA) is 68.6 Å². The van der Waals surface area contributed by atoms with E-state index in [0.29, 0.717) is 38.0 Å². The summed E-state index contributed by atoms with van der Waals surface area (Å²) in [5.74, 6) is -0.132. The van der Waals surface area contributed by atoms with E-state index in [-0.39, 0.29) is 0 Å². The summed E-state index contributed by atoms with van der Waals surface area (Å²) in [7, 11) is 1.80. The van der Waals surface area contributed by atoms with Crippen LogP contribution in [-0.2, 0) is 7.05 Å². The van der Waals surface area contributed by atoms with Crippen LogP contribution in [0.1, 0.15) is 18.6 Å². The Morgan fingerprint density at radius 3 is 2.59 bits per heavy atom. The molecule has 1 aromatic carbocycles. The van der Waals surface area contributed by atoms with E-state index in [2.05, 4.69) is 20.3 Å². The molecule has 6 nitrogen and oxygen atoms in total. The zero-order valence-corrected chi connectivity index (χ0v) is 15.9. The maximum atomic E-state index is 14.6. The number of aromatic nitrogens is 5. The van der Waals surface area contributed by atoms with Gasteiger partial charge in [0.15, 0.2) is 5.82 Å². The van der Waals surface area contributed by atoms with E-state index < -0.39 is 11.9 Å². The molecule has 3 aromatic heterocycles. The van der Waals surface area contributed by atoms with Crippen molar-refractivity contribution < 1.29 is 9.13 Å². The first kappa shape index (κ1) is 17.8. The van der Waals surface area contributed by atoms with Gasteiger partial charge in [-0.1, -0.05) is 23.2 Å². The molecule has 0 aliphatic heterocycles. The van der Waals surface area contributed by atoms with Gasteiger partial charge < -0.3 is 4.74 Å². The van der Waals surface area contributed by atoms with Gasteiger partial charge in [0.1, 0.15) is 23.1 Å². The Morgan fingerprint density at radius 1 is 1.19 bits per heavy atom. The van der Waals surface area contributed by atoms with Crippen LogP contribution in [0.4, 0.5) is 4.39 Å². The van der Waals surface area contributed by atoms with Gasteiger partial charge in [-0.15, -0.1) is 0 Å². The van der Waals surface area contributed by atoms with Crippen molar-refractivity contribution >= 4 is 34.1 Å². The molecule has 0 radical (unpaired) electrons. The predicted molar refractivity (Wildman–Crippen MR) is 102 cm³/mol. The molecule has 0 amide bonds. The van der Waals surface area contributed by atoms with E-state index in [4.69, 9.17) is 27.9 Å². The number of aromatic amines is 1. The number of nitrogens with one attached hydrogen (secondary N) is 1. The van der Waals surface area contributed by atoms with Gasteiger partial charge in [0.2, 0.25) is 0 Å². The van der Waals surface area contributed by atoms with Crippen LogP contribution in [0.5, 0.6) is 5.75 Å². The molecule has 1 N–H and O–H groups in total. The number of nitrogens with zero attached hydrogens (tertiary/aromatic N) is 4. The highest BCUT2D eigenvalue weighted by atomic mass is 35.5. The first-order valence-corrected chi connectivity index (χ1v) is 8.82. The lowest BCUT2D eigenvalue weighted by Crippen LogP contribution is -2.05. The van der Waals surface area contributed by atoms with Crippen LogP contribution in [0, 0.1) is 5.82 Å². The van der Waals surface area contributed by atoms with Gasteiger partial charge in [-0.3, -0.25) is 14.8 Å². The fourth-order valence-electron chi connectivity index (χ4n) is 2.96. The zero-order valence-electron chi connectivity index (χ0n) is 14.4. The van der Waals surface area contributed by atoms with Crippen molar-refractivity contribution in [2.45, 2.75) is 13.0 Å². The third-order valence-corrected chi connectivity index (χ3v) is 4.79. The van der Waals surface area contributed by atoms with Crippen LogP contribution in [-0.4, -0.2) is 25.0 Å². The van der Waals surface area contributed by atoms with Gasteiger partial charge in [-0.25, -0.2) is 4.39 Å². The van der Waals surface area contributed by atoms with Crippen molar-refractivity contribution in [2.24, 2.45) is 7.05 Å². The van der Waals surface area contributed by atoms with Crippen molar-refractivity contribution in [3.63, 3.8) is 0 Å². The summed E-state index contributed by atoms with van der Waals surface area (Å²) in [6, 6.07) is 3.02. The monoisotopic (exact) mass is 405 g/mol. The number of halogens is 3. The Labute approximate surface area is 163 Å². The van der Waals surface area contributed by atoms with Gasteiger partial charge in [0.05, 0.1) is 16.2 Å². The second kappa shape index (κ2) is 6.83.